The van der Waals surface area contributed by atoms with Gasteiger partial charge in [0, 0.05) is 24.5 Å². The molecule has 2 rings (SSSR count). The van der Waals surface area contributed by atoms with Crippen LogP contribution in [0.2, 0.25) is 0 Å². The van der Waals surface area contributed by atoms with Gasteiger partial charge in [0.1, 0.15) is 12.3 Å². The predicted octanol–water partition coefficient (Wildman–Crippen LogP) is 2.99. The third-order valence-corrected chi connectivity index (χ3v) is 4.32. The minimum atomic E-state index is -0.0269. The van der Waals surface area contributed by atoms with Crippen LogP contribution in [-0.4, -0.2) is 49.1 Å². The van der Waals surface area contributed by atoms with Crippen LogP contribution in [0.15, 0.2) is 15.6 Å². The van der Waals surface area contributed by atoms with Gasteiger partial charge in [0.15, 0.2) is 5.96 Å². The summed E-state index contributed by atoms with van der Waals surface area (Å²) < 4.78 is 5.81. The van der Waals surface area contributed by atoms with E-state index >= 15 is 0 Å². The fourth-order valence-electron chi connectivity index (χ4n) is 2.67. The molecule has 2 N–H and O–H groups in total. The van der Waals surface area contributed by atoms with Gasteiger partial charge < -0.3 is 20.0 Å². The Morgan fingerprint density at radius 2 is 2.04 bits per heavy atom. The molecule has 0 amide bonds. The highest BCUT2D eigenvalue weighted by Gasteiger charge is 2.32. The molecule has 0 aliphatic heterocycles. The van der Waals surface area contributed by atoms with Gasteiger partial charge in [-0.2, -0.15) is 0 Å². The molecule has 6 nitrogen and oxygen atoms in total. The third-order valence-electron chi connectivity index (χ3n) is 4.32. The van der Waals surface area contributed by atoms with Crippen molar-refractivity contribution in [2.45, 2.75) is 58.5 Å². The van der Waals surface area contributed by atoms with E-state index < -0.39 is 0 Å². The van der Waals surface area contributed by atoms with Gasteiger partial charge in [-0.25, -0.2) is 9.98 Å². The average molecular weight is 463 g/mol. The Balaban J connectivity index is 0.00000312. The van der Waals surface area contributed by atoms with Crippen LogP contribution in [0.5, 0.6) is 0 Å². The molecular formula is C18H34IN5O. The first-order valence-corrected chi connectivity index (χ1v) is 8.95. The molecule has 0 saturated heterocycles. The van der Waals surface area contributed by atoms with Crippen molar-refractivity contribution in [1.82, 2.24) is 20.5 Å². The second kappa shape index (κ2) is 9.75. The summed E-state index contributed by atoms with van der Waals surface area (Å²) in [6.45, 7) is 10.6. The number of nitrogens with one attached hydrogen (secondary N) is 2. The molecule has 1 heterocycles. The van der Waals surface area contributed by atoms with Gasteiger partial charge in [-0.3, -0.25) is 0 Å². The van der Waals surface area contributed by atoms with Gasteiger partial charge in [0.2, 0.25) is 5.89 Å². The largest absolute Gasteiger partial charge is 0.443 e. The first kappa shape index (κ1) is 22.2. The number of aliphatic imine (C=N–C) groups is 1. The topological polar surface area (TPSA) is 65.7 Å². The van der Waals surface area contributed by atoms with Crippen LogP contribution in [0, 0.1) is 5.92 Å². The fourth-order valence-corrected chi connectivity index (χ4v) is 2.67. The third kappa shape index (κ3) is 7.13. The molecule has 1 aliphatic rings. The summed E-state index contributed by atoms with van der Waals surface area (Å²) >= 11 is 0. The molecule has 0 radical (unpaired) electrons. The summed E-state index contributed by atoms with van der Waals surface area (Å²) in [5.41, 5.74) is -0.0269. The van der Waals surface area contributed by atoms with Crippen LogP contribution in [-0.2, 0) is 12.0 Å². The van der Waals surface area contributed by atoms with Gasteiger partial charge in [-0.05, 0) is 39.8 Å². The van der Waals surface area contributed by atoms with E-state index in [1.54, 1.807) is 6.20 Å². The number of hydrogen-bond acceptors (Lipinski definition) is 4. The zero-order chi connectivity index (χ0) is 17.7. The zero-order valence-electron chi connectivity index (χ0n) is 16.4. The summed E-state index contributed by atoms with van der Waals surface area (Å²) in [5.74, 6) is 3.19. The van der Waals surface area contributed by atoms with Gasteiger partial charge in [-0.15, -0.1) is 24.0 Å². The number of hydrogen-bond donors (Lipinski definition) is 2. The molecule has 144 valence electrons. The van der Waals surface area contributed by atoms with E-state index in [4.69, 9.17) is 4.42 Å². The van der Waals surface area contributed by atoms with Crippen molar-refractivity contribution in [2.75, 3.05) is 27.2 Å². The average Bonchev–Trinajstić information content (AvgIpc) is 3.19. The lowest BCUT2D eigenvalue weighted by atomic mass is 9.94. The smallest absolute Gasteiger partial charge is 0.216 e. The Kier molecular flexibility index (Phi) is 8.67. The number of likely N-dealkylation sites (N-methyl/N-ethyl adjacent to an activating group) is 1. The van der Waals surface area contributed by atoms with Crippen molar-refractivity contribution in [3.05, 3.63) is 17.8 Å². The Hall–Kier alpha value is -0.830. The van der Waals surface area contributed by atoms with Gasteiger partial charge in [0.05, 0.1) is 6.20 Å². The Morgan fingerprint density at radius 1 is 1.36 bits per heavy atom. The number of rotatable bonds is 7. The summed E-state index contributed by atoms with van der Waals surface area (Å²) in [5, 5.41) is 6.75. The SMILES string of the molecule is CCNC(=NCc1ncc(C(C)(C)C)o1)NCC(C1CC1)N(C)C.I. The molecule has 0 bridgehead atoms. The molecule has 1 atom stereocenters. The van der Waals surface area contributed by atoms with Crippen molar-refractivity contribution < 1.29 is 4.42 Å². The molecule has 0 spiro atoms. The molecule has 0 aromatic carbocycles. The highest BCUT2D eigenvalue weighted by atomic mass is 127. The molecular weight excluding hydrogens is 429 g/mol. The lowest BCUT2D eigenvalue weighted by Gasteiger charge is -2.25. The zero-order valence-corrected chi connectivity index (χ0v) is 18.8. The van der Waals surface area contributed by atoms with Crippen molar-refractivity contribution in [3.8, 4) is 0 Å². The van der Waals surface area contributed by atoms with E-state index in [0.717, 1.165) is 30.7 Å². The van der Waals surface area contributed by atoms with Crippen LogP contribution in [0.3, 0.4) is 0 Å². The van der Waals surface area contributed by atoms with Gasteiger partial charge >= 0.3 is 0 Å². The van der Waals surface area contributed by atoms with Crippen LogP contribution in [0.4, 0.5) is 0 Å². The quantitative estimate of drug-likeness (QED) is 0.370. The van der Waals surface area contributed by atoms with Crippen molar-refractivity contribution in [2.24, 2.45) is 10.9 Å². The van der Waals surface area contributed by atoms with Crippen molar-refractivity contribution in [1.29, 1.82) is 0 Å². The van der Waals surface area contributed by atoms with Crippen LogP contribution in [0.25, 0.3) is 0 Å². The number of oxazole rings is 1. The molecule has 1 aromatic heterocycles. The molecule has 1 unspecified atom stereocenters. The summed E-state index contributed by atoms with van der Waals surface area (Å²) in [4.78, 5) is 11.3. The molecule has 1 aromatic rings. The Labute approximate surface area is 169 Å². The maximum absolute atomic E-state index is 5.81. The van der Waals surface area contributed by atoms with Crippen LogP contribution < -0.4 is 10.6 Å². The van der Waals surface area contributed by atoms with E-state index in [1.165, 1.54) is 12.8 Å². The van der Waals surface area contributed by atoms with Crippen LogP contribution >= 0.6 is 24.0 Å². The fraction of sp³-hybridized carbons (Fsp3) is 0.778. The Bertz CT molecular complexity index is 544. The molecule has 25 heavy (non-hydrogen) atoms. The number of halogens is 1. The van der Waals surface area contributed by atoms with E-state index in [2.05, 4.69) is 67.3 Å². The maximum atomic E-state index is 5.81. The number of nitrogens with zero attached hydrogens (tertiary/aromatic N) is 3. The normalized spacial score (nSPS) is 16.5. The van der Waals surface area contributed by atoms with Crippen molar-refractivity contribution >= 4 is 29.9 Å². The minimum Gasteiger partial charge on any atom is -0.443 e. The number of aromatic nitrogens is 1. The molecule has 1 saturated carbocycles. The van der Waals surface area contributed by atoms with Crippen molar-refractivity contribution in [3.63, 3.8) is 0 Å². The molecule has 1 fully saturated rings. The lowest BCUT2D eigenvalue weighted by Crippen LogP contribution is -2.46. The standard InChI is InChI=1S/C18H33N5O.HI/c1-7-19-17(21-10-14(23(5)6)13-8-9-13)22-12-16-20-11-15(24-16)18(2,3)4;/h11,13-14H,7-10,12H2,1-6H3,(H2,19,21,22);1H. The maximum Gasteiger partial charge on any atom is 0.216 e. The van der Waals surface area contributed by atoms with E-state index in [-0.39, 0.29) is 29.4 Å². The second-order valence-electron chi connectivity index (χ2n) is 7.81. The number of guanidine groups is 1. The van der Waals surface area contributed by atoms with Gasteiger partial charge in [-0.1, -0.05) is 20.8 Å². The minimum absolute atomic E-state index is 0. The van der Waals surface area contributed by atoms with E-state index in [9.17, 15) is 0 Å². The summed E-state index contributed by atoms with van der Waals surface area (Å²) in [6, 6.07) is 0.558. The highest BCUT2D eigenvalue weighted by molar-refractivity contribution is 14.0. The van der Waals surface area contributed by atoms with E-state index in [1.807, 2.05) is 0 Å². The monoisotopic (exact) mass is 463 g/mol. The first-order valence-electron chi connectivity index (χ1n) is 8.95. The predicted molar refractivity (Wildman–Crippen MR) is 114 cm³/mol. The Morgan fingerprint density at radius 3 is 2.52 bits per heavy atom. The first-order chi connectivity index (χ1) is 11.3. The van der Waals surface area contributed by atoms with Gasteiger partial charge in [0.25, 0.3) is 0 Å². The molecule has 7 heteroatoms. The van der Waals surface area contributed by atoms with E-state index in [0.29, 0.717) is 18.5 Å². The second-order valence-corrected chi connectivity index (χ2v) is 7.81. The summed E-state index contributed by atoms with van der Waals surface area (Å²) in [6.07, 6.45) is 4.48. The van der Waals surface area contributed by atoms with Crippen LogP contribution in [0.1, 0.15) is 52.2 Å². The highest BCUT2D eigenvalue weighted by Crippen LogP contribution is 2.34. The summed E-state index contributed by atoms with van der Waals surface area (Å²) in [7, 11) is 4.30. The lowest BCUT2D eigenvalue weighted by molar-refractivity contribution is 0.264. The molecule has 1 aliphatic carbocycles.